The van der Waals surface area contributed by atoms with Crippen molar-refractivity contribution in [1.82, 2.24) is 0 Å². The molecule has 0 atom stereocenters. The Morgan fingerprint density at radius 1 is 1.38 bits per heavy atom. The topological polar surface area (TPSA) is 43.4 Å². The van der Waals surface area contributed by atoms with Crippen LogP contribution in [0, 0.1) is 0 Å². The molecule has 1 rings (SSSR count). The minimum Gasteiger partial charge on any atom is -0.270 e. The zero-order valence-electron chi connectivity index (χ0n) is 4.16. The summed E-state index contributed by atoms with van der Waals surface area (Å²) in [6.45, 7) is 0.377. The van der Waals surface area contributed by atoms with E-state index in [9.17, 15) is 8.42 Å². The van der Waals surface area contributed by atoms with Crippen LogP contribution >= 0.6 is 12.4 Å². The van der Waals surface area contributed by atoms with Crippen molar-refractivity contribution in [2.75, 3.05) is 12.4 Å². The summed E-state index contributed by atoms with van der Waals surface area (Å²) in [5.74, 6) is 0.201. The fraction of sp³-hybridized carbons (Fsp3) is 1.00. The van der Waals surface area contributed by atoms with E-state index in [1.54, 1.807) is 0 Å². The fourth-order valence-electron chi connectivity index (χ4n) is 0.481. The van der Waals surface area contributed by atoms with Crippen LogP contribution in [0.4, 0.5) is 0 Å². The molecule has 50 valence electrons. The summed E-state index contributed by atoms with van der Waals surface area (Å²) >= 11 is 0. The highest BCUT2D eigenvalue weighted by molar-refractivity contribution is 7.86. The Balaban J connectivity index is 0.000000490. The molecule has 1 aliphatic rings. The second-order valence-corrected chi connectivity index (χ2v) is 3.20. The van der Waals surface area contributed by atoms with E-state index in [4.69, 9.17) is 0 Å². The highest BCUT2D eigenvalue weighted by atomic mass is 35.5. The molecule has 1 saturated heterocycles. The molecule has 0 aromatic carbocycles. The van der Waals surface area contributed by atoms with E-state index in [0.29, 0.717) is 13.0 Å². The van der Waals surface area contributed by atoms with Gasteiger partial charge in [0.2, 0.25) is 0 Å². The van der Waals surface area contributed by atoms with E-state index in [1.165, 1.54) is 0 Å². The first kappa shape index (κ1) is 8.20. The molecule has 0 amide bonds. The van der Waals surface area contributed by atoms with Gasteiger partial charge in [-0.3, -0.25) is 4.18 Å². The lowest BCUT2D eigenvalue weighted by Gasteiger charge is -1.83. The van der Waals surface area contributed by atoms with E-state index < -0.39 is 10.1 Å². The van der Waals surface area contributed by atoms with Crippen LogP contribution in [0.2, 0.25) is 0 Å². The fourth-order valence-corrected chi connectivity index (χ4v) is 1.44. The SMILES string of the molecule is Cl.O=S1(=O)CCCO1. The van der Waals surface area contributed by atoms with Crippen molar-refractivity contribution in [1.29, 1.82) is 0 Å². The largest absolute Gasteiger partial charge is 0.270 e. The van der Waals surface area contributed by atoms with E-state index in [0.717, 1.165) is 0 Å². The maximum atomic E-state index is 10.2. The summed E-state index contributed by atoms with van der Waals surface area (Å²) in [6.07, 6.45) is 0.655. The highest BCUT2D eigenvalue weighted by Crippen LogP contribution is 2.04. The predicted octanol–water partition coefficient (Wildman–Crippen LogP) is 0.158. The van der Waals surface area contributed by atoms with Gasteiger partial charge >= 0.3 is 0 Å². The minimum atomic E-state index is -3.05. The molecule has 3 nitrogen and oxygen atoms in total. The van der Waals surface area contributed by atoms with Crippen molar-refractivity contribution < 1.29 is 12.6 Å². The molecule has 0 spiro atoms. The third-order valence-corrected chi connectivity index (χ3v) is 2.12. The highest BCUT2D eigenvalue weighted by Gasteiger charge is 2.16. The monoisotopic (exact) mass is 158 g/mol. The maximum absolute atomic E-state index is 10.2. The molecule has 1 aliphatic heterocycles. The van der Waals surface area contributed by atoms with Gasteiger partial charge in [-0.15, -0.1) is 12.4 Å². The van der Waals surface area contributed by atoms with E-state index in [1.807, 2.05) is 0 Å². The van der Waals surface area contributed by atoms with Gasteiger partial charge in [0.05, 0.1) is 12.4 Å². The summed E-state index contributed by atoms with van der Waals surface area (Å²) in [6, 6.07) is 0. The van der Waals surface area contributed by atoms with Crippen molar-refractivity contribution in [2.24, 2.45) is 0 Å². The lowest BCUT2D eigenvalue weighted by Crippen LogP contribution is -1.96. The molecule has 0 N–H and O–H groups in total. The second-order valence-electron chi connectivity index (χ2n) is 1.44. The summed E-state index contributed by atoms with van der Waals surface area (Å²) in [5.41, 5.74) is 0. The normalized spacial score (nSPS) is 24.5. The Morgan fingerprint density at radius 3 is 2.12 bits per heavy atom. The zero-order chi connectivity index (χ0) is 5.33. The Kier molecular flexibility index (Phi) is 2.73. The van der Waals surface area contributed by atoms with Crippen LogP contribution < -0.4 is 0 Å². The smallest absolute Gasteiger partial charge is 0.267 e. The van der Waals surface area contributed by atoms with Crippen LogP contribution in [-0.4, -0.2) is 20.8 Å². The quantitative estimate of drug-likeness (QED) is 0.472. The maximum Gasteiger partial charge on any atom is 0.267 e. The average molecular weight is 159 g/mol. The van der Waals surface area contributed by atoms with E-state index in [2.05, 4.69) is 4.18 Å². The first-order valence-electron chi connectivity index (χ1n) is 2.08. The van der Waals surface area contributed by atoms with Crippen molar-refractivity contribution in [3.8, 4) is 0 Å². The van der Waals surface area contributed by atoms with Gasteiger partial charge in [-0.1, -0.05) is 0 Å². The molecule has 0 aromatic heterocycles. The molecule has 1 heterocycles. The van der Waals surface area contributed by atoms with Gasteiger partial charge in [0.1, 0.15) is 0 Å². The van der Waals surface area contributed by atoms with Crippen molar-refractivity contribution >= 4 is 22.5 Å². The van der Waals surface area contributed by atoms with Crippen LogP contribution in [0.15, 0.2) is 0 Å². The Hall–Kier alpha value is 0.200. The molecular formula is C3H7ClO3S. The summed E-state index contributed by atoms with van der Waals surface area (Å²) in [5, 5.41) is 0. The Labute approximate surface area is 54.6 Å². The third kappa shape index (κ3) is 1.98. The van der Waals surface area contributed by atoms with E-state index in [-0.39, 0.29) is 18.2 Å². The molecule has 0 saturated carbocycles. The number of halogens is 1. The standard InChI is InChI=1S/C3H6O3S.ClH/c4-7(5)3-1-2-6-7;/h1-3H2;1H. The molecule has 5 heteroatoms. The lowest BCUT2D eigenvalue weighted by atomic mass is 10.5. The van der Waals surface area contributed by atoms with Crippen molar-refractivity contribution in [2.45, 2.75) is 6.42 Å². The molecular weight excluding hydrogens is 152 g/mol. The molecule has 8 heavy (non-hydrogen) atoms. The van der Waals surface area contributed by atoms with E-state index >= 15 is 0 Å². The van der Waals surface area contributed by atoms with Crippen molar-refractivity contribution in [3.05, 3.63) is 0 Å². The molecule has 0 bridgehead atoms. The average Bonchev–Trinajstić information content (AvgIpc) is 1.84. The van der Waals surface area contributed by atoms with Crippen molar-refractivity contribution in [3.63, 3.8) is 0 Å². The van der Waals surface area contributed by atoms with Gasteiger partial charge in [-0.25, -0.2) is 0 Å². The summed E-state index contributed by atoms with van der Waals surface area (Å²) in [4.78, 5) is 0. The van der Waals surface area contributed by atoms with Gasteiger partial charge in [-0.05, 0) is 6.42 Å². The van der Waals surface area contributed by atoms with Crippen LogP contribution in [0.25, 0.3) is 0 Å². The number of hydrogen-bond donors (Lipinski definition) is 0. The molecule has 0 radical (unpaired) electrons. The Bertz CT molecular complexity index is 138. The van der Waals surface area contributed by atoms with Gasteiger partial charge in [0.15, 0.2) is 0 Å². The van der Waals surface area contributed by atoms with Gasteiger partial charge in [0.25, 0.3) is 10.1 Å². The predicted molar refractivity (Wildman–Crippen MR) is 31.6 cm³/mol. The minimum absolute atomic E-state index is 0. The van der Waals surface area contributed by atoms with Gasteiger partial charge in [-0.2, -0.15) is 8.42 Å². The number of hydrogen-bond acceptors (Lipinski definition) is 3. The molecule has 0 aromatic rings. The lowest BCUT2D eigenvalue weighted by molar-refractivity contribution is 0.354. The van der Waals surface area contributed by atoms with Crippen LogP contribution in [0.5, 0.6) is 0 Å². The third-order valence-electron chi connectivity index (χ3n) is 0.802. The second kappa shape index (κ2) is 2.66. The Morgan fingerprint density at radius 2 is 2.00 bits per heavy atom. The van der Waals surface area contributed by atoms with Gasteiger partial charge < -0.3 is 0 Å². The number of rotatable bonds is 0. The zero-order valence-corrected chi connectivity index (χ0v) is 5.80. The molecule has 1 fully saturated rings. The summed E-state index contributed by atoms with van der Waals surface area (Å²) in [7, 11) is -3.05. The first-order chi connectivity index (χ1) is 3.21. The molecule has 0 aliphatic carbocycles. The van der Waals surface area contributed by atoms with Crippen LogP contribution in [-0.2, 0) is 14.3 Å². The van der Waals surface area contributed by atoms with Crippen LogP contribution in [0.3, 0.4) is 0 Å². The first-order valence-corrected chi connectivity index (χ1v) is 3.65. The molecule has 0 unspecified atom stereocenters. The van der Waals surface area contributed by atoms with Gasteiger partial charge in [0, 0.05) is 0 Å². The summed E-state index contributed by atoms with van der Waals surface area (Å²) < 4.78 is 24.7. The van der Waals surface area contributed by atoms with Crippen LogP contribution in [0.1, 0.15) is 6.42 Å².